The molecule has 1 atom stereocenters. The summed E-state index contributed by atoms with van der Waals surface area (Å²) in [6.45, 7) is 6.45. The van der Waals surface area contributed by atoms with Gasteiger partial charge in [0.15, 0.2) is 6.10 Å². The fraction of sp³-hybridized carbons (Fsp3) is 0.725. The Kier molecular flexibility index (Phi) is 59.8. The van der Waals surface area contributed by atoms with Gasteiger partial charge in [-0.1, -0.05) is 279 Å². The largest absolute Gasteiger partial charge is 0.462 e. The van der Waals surface area contributed by atoms with Crippen molar-refractivity contribution in [3.8, 4) is 0 Å². The highest BCUT2D eigenvalue weighted by Gasteiger charge is 2.19. The van der Waals surface area contributed by atoms with Crippen molar-refractivity contribution in [1.82, 2.24) is 0 Å². The molecule has 0 aromatic rings. The van der Waals surface area contributed by atoms with Gasteiger partial charge in [0.25, 0.3) is 0 Å². The summed E-state index contributed by atoms with van der Waals surface area (Å²) in [5, 5.41) is 0. The van der Waals surface area contributed by atoms with Crippen LogP contribution in [0, 0.1) is 0 Å². The van der Waals surface area contributed by atoms with E-state index in [4.69, 9.17) is 14.2 Å². The van der Waals surface area contributed by atoms with Crippen LogP contribution in [0.1, 0.15) is 303 Å². The maximum Gasteiger partial charge on any atom is 0.306 e. The lowest BCUT2D eigenvalue weighted by Crippen LogP contribution is -2.30. The molecule has 6 heteroatoms. The van der Waals surface area contributed by atoms with E-state index in [0.717, 1.165) is 109 Å². The lowest BCUT2D eigenvalue weighted by Gasteiger charge is -2.18. The van der Waals surface area contributed by atoms with E-state index in [2.05, 4.69) is 118 Å². The van der Waals surface area contributed by atoms with Gasteiger partial charge in [-0.3, -0.25) is 14.4 Å². The van der Waals surface area contributed by atoms with Crippen molar-refractivity contribution in [3.63, 3.8) is 0 Å². The van der Waals surface area contributed by atoms with Crippen LogP contribution in [-0.2, 0) is 28.6 Å². The molecule has 430 valence electrons. The van der Waals surface area contributed by atoms with Gasteiger partial charge < -0.3 is 14.2 Å². The first kappa shape index (κ1) is 71.3. The van der Waals surface area contributed by atoms with Crippen molar-refractivity contribution in [3.05, 3.63) is 97.2 Å². The van der Waals surface area contributed by atoms with Gasteiger partial charge in [-0.05, 0) is 103 Å². The summed E-state index contributed by atoms with van der Waals surface area (Å²) >= 11 is 0. The highest BCUT2D eigenvalue weighted by atomic mass is 16.6. The van der Waals surface area contributed by atoms with Crippen LogP contribution in [0.2, 0.25) is 0 Å². The number of unbranched alkanes of at least 4 members (excludes halogenated alkanes) is 30. The molecule has 0 amide bonds. The van der Waals surface area contributed by atoms with Gasteiger partial charge in [-0.25, -0.2) is 0 Å². The van der Waals surface area contributed by atoms with E-state index in [1.165, 1.54) is 154 Å². The second-order valence-corrected chi connectivity index (χ2v) is 20.9. The summed E-state index contributed by atoms with van der Waals surface area (Å²) in [4.78, 5) is 37.9. The van der Waals surface area contributed by atoms with Gasteiger partial charge >= 0.3 is 17.9 Å². The standard InChI is InChI=1S/C69H118O6/c1-4-7-10-13-15-17-19-21-23-25-27-28-29-30-31-32-33-34-35-36-37-38-39-40-42-43-45-47-49-51-53-56-59-62-68(71)74-65-66(64-73-67(70)61-58-55-12-9-6-3)75-69(72)63-60-57-54-52-50-48-46-44-41-26-24-22-20-18-16-14-11-8-5-2/h7,10,15,17,21-24,27-28,30-31,33-34,36-37,66H,4-6,8-9,11-14,16,18-20,25-26,29,32,35,38-65H2,1-3H3/b10-7-,17-15-,23-21-,24-22-,28-27-,31-30-,34-33-,37-36-. The Morgan fingerprint density at radius 2 is 0.520 bits per heavy atom. The highest BCUT2D eigenvalue weighted by Crippen LogP contribution is 2.16. The molecule has 0 aliphatic carbocycles. The number of carbonyl (C=O) groups is 3. The number of hydrogen-bond acceptors (Lipinski definition) is 6. The molecule has 0 aliphatic rings. The van der Waals surface area contributed by atoms with Gasteiger partial charge in [0, 0.05) is 19.3 Å². The Bertz CT molecular complexity index is 1480. The molecule has 6 nitrogen and oxygen atoms in total. The Labute approximate surface area is 464 Å². The SMILES string of the molecule is CC/C=C\C/C=C\C/C=C\C/C=C\C/C=C\C/C=C\C/C=C\CCCCCCCCCCCCCC(=O)OCC(COC(=O)CCCCCCC)OC(=O)CCCCCCCCCCC/C=C\CCCCCCCC. The van der Waals surface area contributed by atoms with Crippen molar-refractivity contribution in [2.75, 3.05) is 13.2 Å². The maximum atomic E-state index is 12.8. The fourth-order valence-corrected chi connectivity index (χ4v) is 8.83. The molecule has 0 fully saturated rings. The quantitative estimate of drug-likeness (QED) is 0.0261. The number of ether oxygens (including phenoxy) is 3. The summed E-state index contributed by atoms with van der Waals surface area (Å²) in [5.74, 6) is -0.889. The third-order valence-corrected chi connectivity index (χ3v) is 13.6. The van der Waals surface area contributed by atoms with Gasteiger partial charge in [0.2, 0.25) is 0 Å². The predicted octanol–water partition coefficient (Wildman–Crippen LogP) is 21.7. The first-order valence-corrected chi connectivity index (χ1v) is 31.7. The second kappa shape index (κ2) is 62.9. The molecule has 0 aromatic carbocycles. The summed E-state index contributed by atoms with van der Waals surface area (Å²) in [5.41, 5.74) is 0. The fourth-order valence-electron chi connectivity index (χ4n) is 8.83. The van der Waals surface area contributed by atoms with Crippen LogP contribution < -0.4 is 0 Å². The van der Waals surface area contributed by atoms with E-state index >= 15 is 0 Å². The molecule has 0 saturated heterocycles. The zero-order valence-corrected chi connectivity index (χ0v) is 49.3. The van der Waals surface area contributed by atoms with Crippen molar-refractivity contribution in [2.24, 2.45) is 0 Å². The average molecular weight is 1040 g/mol. The summed E-state index contributed by atoms with van der Waals surface area (Å²) in [7, 11) is 0. The van der Waals surface area contributed by atoms with E-state index < -0.39 is 6.10 Å². The number of allylic oxidation sites excluding steroid dienone is 16. The topological polar surface area (TPSA) is 78.9 Å². The van der Waals surface area contributed by atoms with E-state index in [-0.39, 0.29) is 31.1 Å². The minimum atomic E-state index is -0.775. The van der Waals surface area contributed by atoms with Gasteiger partial charge in [0.1, 0.15) is 13.2 Å². The average Bonchev–Trinajstić information content (AvgIpc) is 3.41. The van der Waals surface area contributed by atoms with Crippen LogP contribution in [0.5, 0.6) is 0 Å². The summed E-state index contributed by atoms with van der Waals surface area (Å²) in [6, 6.07) is 0. The van der Waals surface area contributed by atoms with Crippen molar-refractivity contribution in [1.29, 1.82) is 0 Å². The van der Waals surface area contributed by atoms with Crippen LogP contribution in [-0.4, -0.2) is 37.2 Å². The minimum absolute atomic E-state index is 0.0774. The van der Waals surface area contributed by atoms with Gasteiger partial charge in [-0.15, -0.1) is 0 Å². The Morgan fingerprint density at radius 3 is 0.827 bits per heavy atom. The first-order chi connectivity index (χ1) is 37.0. The van der Waals surface area contributed by atoms with Crippen LogP contribution in [0.3, 0.4) is 0 Å². The van der Waals surface area contributed by atoms with Gasteiger partial charge in [-0.2, -0.15) is 0 Å². The smallest absolute Gasteiger partial charge is 0.306 e. The molecule has 1 unspecified atom stereocenters. The molecular formula is C69H118O6. The minimum Gasteiger partial charge on any atom is -0.462 e. The monoisotopic (exact) mass is 1040 g/mol. The van der Waals surface area contributed by atoms with Crippen LogP contribution >= 0.6 is 0 Å². The molecule has 0 aromatic heterocycles. The molecule has 0 bridgehead atoms. The van der Waals surface area contributed by atoms with Crippen LogP contribution in [0.4, 0.5) is 0 Å². The molecule has 0 rings (SSSR count). The maximum absolute atomic E-state index is 12.8. The first-order valence-electron chi connectivity index (χ1n) is 31.7. The van der Waals surface area contributed by atoms with E-state index in [9.17, 15) is 14.4 Å². The number of esters is 3. The van der Waals surface area contributed by atoms with Crippen molar-refractivity contribution >= 4 is 17.9 Å². The lowest BCUT2D eigenvalue weighted by molar-refractivity contribution is -0.167. The predicted molar refractivity (Wildman–Crippen MR) is 325 cm³/mol. The van der Waals surface area contributed by atoms with E-state index in [1.54, 1.807) is 0 Å². The summed E-state index contributed by atoms with van der Waals surface area (Å²) < 4.78 is 16.8. The third-order valence-electron chi connectivity index (χ3n) is 13.6. The van der Waals surface area contributed by atoms with Crippen molar-refractivity contribution in [2.45, 2.75) is 309 Å². The highest BCUT2D eigenvalue weighted by molar-refractivity contribution is 5.71. The number of carbonyl (C=O) groups excluding carboxylic acids is 3. The summed E-state index contributed by atoms with van der Waals surface area (Å²) in [6.07, 6.45) is 84.6. The molecule has 0 N–H and O–H groups in total. The lowest BCUT2D eigenvalue weighted by atomic mass is 10.0. The molecule has 0 spiro atoms. The molecule has 0 radical (unpaired) electrons. The third kappa shape index (κ3) is 61.1. The molecule has 0 heterocycles. The second-order valence-electron chi connectivity index (χ2n) is 20.9. The molecular weight excluding hydrogens is 925 g/mol. The van der Waals surface area contributed by atoms with Crippen LogP contribution in [0.25, 0.3) is 0 Å². The Morgan fingerprint density at radius 1 is 0.280 bits per heavy atom. The van der Waals surface area contributed by atoms with Crippen LogP contribution in [0.15, 0.2) is 97.2 Å². The zero-order chi connectivity index (χ0) is 54.3. The Balaban J connectivity index is 4.03. The van der Waals surface area contributed by atoms with E-state index in [1.807, 2.05) is 0 Å². The van der Waals surface area contributed by atoms with E-state index in [0.29, 0.717) is 19.3 Å². The normalized spacial score (nSPS) is 12.7. The molecule has 75 heavy (non-hydrogen) atoms. The molecule has 0 saturated carbocycles. The number of rotatable bonds is 57. The van der Waals surface area contributed by atoms with Gasteiger partial charge in [0.05, 0.1) is 0 Å². The van der Waals surface area contributed by atoms with Crippen molar-refractivity contribution < 1.29 is 28.6 Å². The zero-order valence-electron chi connectivity index (χ0n) is 49.3. The molecule has 0 aliphatic heterocycles. The number of hydrogen-bond donors (Lipinski definition) is 0. The Hall–Kier alpha value is -3.67.